The van der Waals surface area contributed by atoms with Crippen molar-refractivity contribution in [3.63, 3.8) is 0 Å². The molecule has 0 aliphatic heterocycles. The first-order chi connectivity index (χ1) is 14.8. The summed E-state index contributed by atoms with van der Waals surface area (Å²) in [6.07, 6.45) is 3.47. The average Bonchev–Trinajstić information content (AvgIpc) is 2.74. The highest BCUT2D eigenvalue weighted by molar-refractivity contribution is 5.87. The number of hydrogen-bond donors (Lipinski definition) is 1. The molecule has 7 nitrogen and oxygen atoms in total. The van der Waals surface area contributed by atoms with Gasteiger partial charge in [-0.15, -0.1) is 0 Å². The SMILES string of the molecule is COC(=O)c1cccc(-c2cccc(OCCCCCCNC(=O)OC(C)(C)C)c2)n1. The van der Waals surface area contributed by atoms with Crippen molar-refractivity contribution in [3.05, 3.63) is 48.2 Å². The zero-order valence-electron chi connectivity index (χ0n) is 18.8. The summed E-state index contributed by atoms with van der Waals surface area (Å²) in [5.41, 5.74) is 1.36. The topological polar surface area (TPSA) is 86.8 Å². The van der Waals surface area contributed by atoms with Crippen LogP contribution in [0.1, 0.15) is 56.9 Å². The number of unbranched alkanes of at least 4 members (excludes halogenated alkanes) is 3. The van der Waals surface area contributed by atoms with E-state index in [1.165, 1.54) is 7.11 Å². The molecule has 1 amide bonds. The van der Waals surface area contributed by atoms with Gasteiger partial charge in [0.15, 0.2) is 0 Å². The molecule has 2 rings (SSSR count). The lowest BCUT2D eigenvalue weighted by Gasteiger charge is -2.19. The van der Waals surface area contributed by atoms with Crippen molar-refractivity contribution in [2.45, 2.75) is 52.1 Å². The molecule has 0 saturated heterocycles. The normalized spacial score (nSPS) is 11.0. The number of methoxy groups -OCH3 is 1. The minimum atomic E-state index is -0.473. The summed E-state index contributed by atoms with van der Waals surface area (Å²) in [6.45, 7) is 6.75. The molecule has 0 atom stereocenters. The molecular weight excluding hydrogens is 396 g/mol. The molecule has 1 N–H and O–H groups in total. The van der Waals surface area contributed by atoms with Gasteiger partial charge in [0.25, 0.3) is 0 Å². The van der Waals surface area contributed by atoms with Crippen molar-refractivity contribution < 1.29 is 23.8 Å². The molecule has 0 spiro atoms. The molecule has 31 heavy (non-hydrogen) atoms. The van der Waals surface area contributed by atoms with Crippen LogP contribution in [0, 0.1) is 0 Å². The Morgan fingerprint density at radius 1 is 1.00 bits per heavy atom. The summed E-state index contributed by atoms with van der Waals surface area (Å²) in [6, 6.07) is 12.9. The molecule has 1 heterocycles. The first kappa shape index (κ1) is 24.2. The van der Waals surface area contributed by atoms with E-state index < -0.39 is 11.6 Å². The van der Waals surface area contributed by atoms with Crippen LogP contribution in [0.25, 0.3) is 11.3 Å². The molecule has 0 saturated carbocycles. The lowest BCUT2D eigenvalue weighted by molar-refractivity contribution is 0.0525. The van der Waals surface area contributed by atoms with Gasteiger partial charge in [0.2, 0.25) is 0 Å². The molecule has 0 aliphatic rings. The fraction of sp³-hybridized carbons (Fsp3) is 0.458. The monoisotopic (exact) mass is 428 g/mol. The van der Waals surface area contributed by atoms with Crippen LogP contribution in [0.15, 0.2) is 42.5 Å². The number of carbonyl (C=O) groups excluding carboxylic acids is 2. The fourth-order valence-electron chi connectivity index (χ4n) is 2.83. The zero-order chi connectivity index (χ0) is 22.7. The minimum absolute atomic E-state index is 0.271. The summed E-state index contributed by atoms with van der Waals surface area (Å²) in [5, 5.41) is 2.77. The van der Waals surface area contributed by atoms with E-state index in [0.717, 1.165) is 37.0 Å². The number of alkyl carbamates (subject to hydrolysis) is 1. The maximum Gasteiger partial charge on any atom is 0.407 e. The van der Waals surface area contributed by atoms with Gasteiger partial charge in [0, 0.05) is 12.1 Å². The maximum absolute atomic E-state index is 11.7. The first-order valence-corrected chi connectivity index (χ1v) is 10.5. The van der Waals surface area contributed by atoms with Gasteiger partial charge in [-0.05, 0) is 57.9 Å². The van der Waals surface area contributed by atoms with Gasteiger partial charge in [0.05, 0.1) is 19.4 Å². The van der Waals surface area contributed by atoms with Crippen LogP contribution in [0.3, 0.4) is 0 Å². The van der Waals surface area contributed by atoms with E-state index in [1.807, 2.05) is 51.1 Å². The van der Waals surface area contributed by atoms with E-state index in [-0.39, 0.29) is 11.8 Å². The Kier molecular flexibility index (Phi) is 9.31. The van der Waals surface area contributed by atoms with Crippen molar-refractivity contribution in [2.75, 3.05) is 20.3 Å². The number of nitrogens with zero attached hydrogens (tertiary/aromatic N) is 1. The number of hydrogen-bond acceptors (Lipinski definition) is 6. The zero-order valence-corrected chi connectivity index (χ0v) is 18.8. The number of ether oxygens (including phenoxy) is 3. The molecular formula is C24H32N2O5. The number of aromatic nitrogens is 1. The van der Waals surface area contributed by atoms with Gasteiger partial charge in [0.1, 0.15) is 17.0 Å². The number of nitrogens with one attached hydrogen (secondary N) is 1. The number of esters is 1. The Balaban J connectivity index is 1.70. The summed E-state index contributed by atoms with van der Waals surface area (Å²) in [5.74, 6) is 0.296. The molecule has 0 unspecified atom stereocenters. The van der Waals surface area contributed by atoms with E-state index in [0.29, 0.717) is 18.8 Å². The highest BCUT2D eigenvalue weighted by Crippen LogP contribution is 2.23. The van der Waals surface area contributed by atoms with Gasteiger partial charge in [-0.2, -0.15) is 0 Å². The van der Waals surface area contributed by atoms with E-state index in [1.54, 1.807) is 12.1 Å². The second kappa shape index (κ2) is 11.9. The minimum Gasteiger partial charge on any atom is -0.494 e. The first-order valence-electron chi connectivity index (χ1n) is 10.5. The third-order valence-electron chi connectivity index (χ3n) is 4.28. The van der Waals surface area contributed by atoms with Gasteiger partial charge >= 0.3 is 12.1 Å². The van der Waals surface area contributed by atoms with Crippen molar-refractivity contribution >= 4 is 12.1 Å². The van der Waals surface area contributed by atoms with E-state index in [2.05, 4.69) is 10.3 Å². The predicted octanol–water partition coefficient (Wildman–Crippen LogP) is 5.00. The maximum atomic E-state index is 11.7. The number of carbonyl (C=O) groups is 2. The second-order valence-corrected chi connectivity index (χ2v) is 8.12. The Labute approximate surface area is 184 Å². The van der Waals surface area contributed by atoms with Crippen LogP contribution in [-0.2, 0) is 9.47 Å². The Bertz CT molecular complexity index is 861. The summed E-state index contributed by atoms with van der Waals surface area (Å²) < 4.78 is 15.8. The molecule has 0 radical (unpaired) electrons. The van der Waals surface area contributed by atoms with E-state index in [9.17, 15) is 9.59 Å². The quantitative estimate of drug-likeness (QED) is 0.423. The average molecular weight is 429 g/mol. The highest BCUT2D eigenvalue weighted by atomic mass is 16.6. The van der Waals surface area contributed by atoms with Crippen molar-refractivity contribution in [2.24, 2.45) is 0 Å². The summed E-state index contributed by atoms with van der Waals surface area (Å²) >= 11 is 0. The molecule has 168 valence electrons. The fourth-order valence-corrected chi connectivity index (χ4v) is 2.83. The van der Waals surface area contributed by atoms with Gasteiger partial charge < -0.3 is 19.5 Å². The van der Waals surface area contributed by atoms with Crippen molar-refractivity contribution in [3.8, 4) is 17.0 Å². The molecule has 1 aromatic heterocycles. The second-order valence-electron chi connectivity index (χ2n) is 8.12. The van der Waals surface area contributed by atoms with Gasteiger partial charge in [-0.25, -0.2) is 14.6 Å². The van der Waals surface area contributed by atoms with Crippen LogP contribution in [0.5, 0.6) is 5.75 Å². The predicted molar refractivity (Wildman–Crippen MR) is 119 cm³/mol. The van der Waals surface area contributed by atoms with Crippen molar-refractivity contribution in [1.82, 2.24) is 10.3 Å². The largest absolute Gasteiger partial charge is 0.494 e. The van der Waals surface area contributed by atoms with E-state index >= 15 is 0 Å². The Hall–Kier alpha value is -3.09. The molecule has 0 fully saturated rings. The number of benzene rings is 1. The Morgan fingerprint density at radius 2 is 1.74 bits per heavy atom. The van der Waals surface area contributed by atoms with Gasteiger partial charge in [-0.1, -0.05) is 31.0 Å². The van der Waals surface area contributed by atoms with Gasteiger partial charge in [-0.3, -0.25) is 0 Å². The molecule has 7 heteroatoms. The highest BCUT2D eigenvalue weighted by Gasteiger charge is 2.15. The standard InChI is InChI=1S/C24H32N2O5/c1-24(2,3)31-23(28)25-15-7-5-6-8-16-30-19-12-9-11-18(17-19)20-13-10-14-21(26-20)22(27)29-4/h9-14,17H,5-8,15-16H2,1-4H3,(H,25,28). The molecule has 1 aromatic carbocycles. The summed E-state index contributed by atoms with van der Waals surface area (Å²) in [7, 11) is 1.34. The number of amides is 1. The van der Waals surface area contributed by atoms with E-state index in [4.69, 9.17) is 14.2 Å². The van der Waals surface area contributed by atoms with Crippen LogP contribution in [0.4, 0.5) is 4.79 Å². The molecule has 2 aromatic rings. The lowest BCUT2D eigenvalue weighted by Crippen LogP contribution is -2.32. The van der Waals surface area contributed by atoms with Crippen LogP contribution in [0.2, 0.25) is 0 Å². The summed E-state index contributed by atoms with van der Waals surface area (Å²) in [4.78, 5) is 27.6. The van der Waals surface area contributed by atoms with Crippen LogP contribution in [-0.4, -0.2) is 42.9 Å². The number of pyridine rings is 1. The lowest BCUT2D eigenvalue weighted by atomic mass is 10.1. The molecule has 0 aliphatic carbocycles. The smallest absolute Gasteiger partial charge is 0.407 e. The third-order valence-corrected chi connectivity index (χ3v) is 4.28. The Morgan fingerprint density at radius 3 is 2.48 bits per heavy atom. The molecule has 0 bridgehead atoms. The van der Waals surface area contributed by atoms with Crippen molar-refractivity contribution in [1.29, 1.82) is 0 Å². The third kappa shape index (κ3) is 9.07. The van der Waals surface area contributed by atoms with Crippen LogP contribution < -0.4 is 10.1 Å². The van der Waals surface area contributed by atoms with Crippen LogP contribution >= 0.6 is 0 Å². The number of rotatable bonds is 10.